The van der Waals surface area contributed by atoms with Gasteiger partial charge in [0, 0.05) is 23.6 Å². The molecule has 6 heteroatoms. The van der Waals surface area contributed by atoms with Crippen LogP contribution in [0.5, 0.6) is 0 Å². The number of para-hydroxylation sites is 1. The molecule has 3 rings (SSSR count). The standard InChI is InChI=1S/C16H15N3O2S/c1-10-18-12(9-22-10)6-7-15(20)19-13-5-3-2-4-11(13)8-14(19)16(17)21/h2-7,9,14H,8H2,1H3,(H2,17,21)/b7-6-/t14-/m0/s1. The summed E-state index contributed by atoms with van der Waals surface area (Å²) >= 11 is 1.52. The summed E-state index contributed by atoms with van der Waals surface area (Å²) in [6.07, 6.45) is 3.55. The van der Waals surface area contributed by atoms with Crippen molar-refractivity contribution in [2.75, 3.05) is 4.90 Å². The van der Waals surface area contributed by atoms with E-state index >= 15 is 0 Å². The van der Waals surface area contributed by atoms with Crippen LogP contribution in [0.1, 0.15) is 16.3 Å². The van der Waals surface area contributed by atoms with Gasteiger partial charge >= 0.3 is 0 Å². The summed E-state index contributed by atoms with van der Waals surface area (Å²) in [5.74, 6) is -0.762. The molecular formula is C16H15N3O2S. The van der Waals surface area contributed by atoms with Crippen LogP contribution < -0.4 is 10.6 Å². The molecule has 1 aliphatic heterocycles. The van der Waals surface area contributed by atoms with Gasteiger partial charge in [-0.25, -0.2) is 4.98 Å². The number of hydrogen-bond donors (Lipinski definition) is 1. The number of primary amides is 1. The number of rotatable bonds is 3. The third-order valence-electron chi connectivity index (χ3n) is 3.58. The van der Waals surface area contributed by atoms with Crippen LogP contribution in [-0.2, 0) is 16.0 Å². The Morgan fingerprint density at radius 2 is 2.18 bits per heavy atom. The second kappa shape index (κ2) is 5.73. The molecule has 1 aliphatic rings. The summed E-state index contributed by atoms with van der Waals surface area (Å²) < 4.78 is 0. The highest BCUT2D eigenvalue weighted by molar-refractivity contribution is 7.09. The zero-order valence-electron chi connectivity index (χ0n) is 12.0. The van der Waals surface area contributed by atoms with Crippen molar-refractivity contribution in [3.8, 4) is 0 Å². The minimum Gasteiger partial charge on any atom is -0.368 e. The monoisotopic (exact) mass is 313 g/mol. The molecule has 0 radical (unpaired) electrons. The van der Waals surface area contributed by atoms with Gasteiger partial charge in [0.1, 0.15) is 6.04 Å². The van der Waals surface area contributed by atoms with Gasteiger partial charge in [-0.3, -0.25) is 14.5 Å². The maximum absolute atomic E-state index is 12.5. The third-order valence-corrected chi connectivity index (χ3v) is 4.37. The van der Waals surface area contributed by atoms with Gasteiger partial charge in [0.05, 0.1) is 10.7 Å². The number of nitrogens with two attached hydrogens (primary N) is 1. The van der Waals surface area contributed by atoms with Crippen LogP contribution in [0.15, 0.2) is 35.7 Å². The molecule has 2 heterocycles. The van der Waals surface area contributed by atoms with E-state index in [1.165, 1.54) is 22.3 Å². The van der Waals surface area contributed by atoms with Crippen molar-refractivity contribution in [1.29, 1.82) is 0 Å². The second-order valence-corrected chi connectivity index (χ2v) is 6.15. The summed E-state index contributed by atoms with van der Waals surface area (Å²) in [6.45, 7) is 1.91. The molecule has 2 amide bonds. The first-order valence-corrected chi connectivity index (χ1v) is 7.75. The van der Waals surface area contributed by atoms with E-state index in [0.717, 1.165) is 22.0 Å². The Morgan fingerprint density at radius 1 is 1.41 bits per heavy atom. The van der Waals surface area contributed by atoms with Gasteiger partial charge in [0.25, 0.3) is 5.91 Å². The summed E-state index contributed by atoms with van der Waals surface area (Å²) in [5.41, 5.74) is 7.89. The highest BCUT2D eigenvalue weighted by atomic mass is 32.1. The Morgan fingerprint density at radius 3 is 2.86 bits per heavy atom. The lowest BCUT2D eigenvalue weighted by atomic mass is 10.1. The van der Waals surface area contributed by atoms with E-state index in [1.54, 1.807) is 6.08 Å². The smallest absolute Gasteiger partial charge is 0.251 e. The minimum absolute atomic E-state index is 0.264. The Bertz CT molecular complexity index is 766. The molecule has 0 bridgehead atoms. The Hall–Kier alpha value is -2.47. The van der Waals surface area contributed by atoms with Gasteiger partial charge in [-0.1, -0.05) is 18.2 Å². The van der Waals surface area contributed by atoms with Gasteiger partial charge < -0.3 is 5.73 Å². The number of anilines is 1. The van der Waals surface area contributed by atoms with Gasteiger partial charge in [-0.05, 0) is 24.6 Å². The van der Waals surface area contributed by atoms with Crippen molar-refractivity contribution < 1.29 is 9.59 Å². The molecule has 0 spiro atoms. The molecule has 112 valence electrons. The quantitative estimate of drug-likeness (QED) is 0.879. The van der Waals surface area contributed by atoms with Crippen LogP contribution in [0, 0.1) is 6.92 Å². The molecular weight excluding hydrogens is 298 g/mol. The molecule has 2 aromatic rings. The van der Waals surface area contributed by atoms with Crippen LogP contribution in [0.2, 0.25) is 0 Å². The first kappa shape index (κ1) is 14.5. The summed E-state index contributed by atoms with van der Waals surface area (Å²) in [6, 6.07) is 6.84. The van der Waals surface area contributed by atoms with E-state index < -0.39 is 11.9 Å². The SMILES string of the molecule is Cc1nc(/C=C\C(=O)N2c3ccccc3C[C@H]2C(N)=O)cs1. The van der Waals surface area contributed by atoms with E-state index in [9.17, 15) is 9.59 Å². The number of carbonyl (C=O) groups excluding carboxylic acids is 2. The van der Waals surface area contributed by atoms with Crippen LogP contribution in [0.4, 0.5) is 5.69 Å². The van der Waals surface area contributed by atoms with E-state index in [-0.39, 0.29) is 5.91 Å². The number of carbonyl (C=O) groups is 2. The predicted molar refractivity (Wildman–Crippen MR) is 86.5 cm³/mol. The number of hydrogen-bond acceptors (Lipinski definition) is 4. The first-order valence-electron chi connectivity index (χ1n) is 6.87. The van der Waals surface area contributed by atoms with E-state index in [0.29, 0.717) is 6.42 Å². The average Bonchev–Trinajstić information content (AvgIpc) is 3.08. The van der Waals surface area contributed by atoms with Gasteiger partial charge in [-0.2, -0.15) is 0 Å². The van der Waals surface area contributed by atoms with Crippen molar-refractivity contribution >= 4 is 34.9 Å². The van der Waals surface area contributed by atoms with Gasteiger partial charge in [0.15, 0.2) is 0 Å². The minimum atomic E-state index is -0.633. The van der Waals surface area contributed by atoms with Crippen molar-refractivity contribution in [3.63, 3.8) is 0 Å². The number of fused-ring (bicyclic) bond motifs is 1. The lowest BCUT2D eigenvalue weighted by molar-refractivity contribution is -0.122. The fourth-order valence-corrected chi connectivity index (χ4v) is 3.16. The van der Waals surface area contributed by atoms with Crippen LogP contribution in [-0.4, -0.2) is 22.8 Å². The fourth-order valence-electron chi connectivity index (χ4n) is 2.58. The molecule has 2 N–H and O–H groups in total. The number of aryl methyl sites for hydroxylation is 1. The summed E-state index contributed by atoms with van der Waals surface area (Å²) in [4.78, 5) is 29.9. The van der Waals surface area contributed by atoms with Crippen LogP contribution in [0.3, 0.4) is 0 Å². The number of thiazole rings is 1. The predicted octanol–water partition coefficient (Wildman–Crippen LogP) is 1.91. The zero-order valence-corrected chi connectivity index (χ0v) is 12.8. The number of nitrogens with zero attached hydrogens (tertiary/aromatic N) is 2. The first-order chi connectivity index (χ1) is 10.6. The topological polar surface area (TPSA) is 76.3 Å². The largest absolute Gasteiger partial charge is 0.368 e. The number of aromatic nitrogens is 1. The maximum Gasteiger partial charge on any atom is 0.251 e. The van der Waals surface area contributed by atoms with Crippen molar-refractivity contribution in [1.82, 2.24) is 4.98 Å². The highest BCUT2D eigenvalue weighted by Gasteiger charge is 2.36. The summed E-state index contributed by atoms with van der Waals surface area (Å²) in [7, 11) is 0. The lowest BCUT2D eigenvalue weighted by Crippen LogP contribution is -2.45. The van der Waals surface area contributed by atoms with Crippen LogP contribution >= 0.6 is 11.3 Å². The van der Waals surface area contributed by atoms with Gasteiger partial charge in [-0.15, -0.1) is 11.3 Å². The Balaban J connectivity index is 1.89. The molecule has 1 aromatic carbocycles. The third kappa shape index (κ3) is 2.65. The lowest BCUT2D eigenvalue weighted by Gasteiger charge is -2.21. The molecule has 1 atom stereocenters. The Labute approximate surface area is 132 Å². The highest BCUT2D eigenvalue weighted by Crippen LogP contribution is 2.32. The van der Waals surface area contributed by atoms with Gasteiger partial charge in [0.2, 0.25) is 5.91 Å². The van der Waals surface area contributed by atoms with E-state index in [1.807, 2.05) is 36.6 Å². The molecule has 0 aliphatic carbocycles. The molecule has 5 nitrogen and oxygen atoms in total. The second-order valence-electron chi connectivity index (χ2n) is 5.08. The number of amides is 2. The fraction of sp³-hybridized carbons (Fsp3) is 0.188. The molecule has 0 unspecified atom stereocenters. The van der Waals surface area contributed by atoms with E-state index in [2.05, 4.69) is 4.98 Å². The molecule has 0 saturated heterocycles. The normalized spacial score (nSPS) is 17.0. The van der Waals surface area contributed by atoms with E-state index in [4.69, 9.17) is 5.73 Å². The molecule has 0 fully saturated rings. The zero-order chi connectivity index (χ0) is 15.7. The number of benzene rings is 1. The molecule has 0 saturated carbocycles. The Kier molecular flexibility index (Phi) is 3.77. The van der Waals surface area contributed by atoms with Crippen LogP contribution in [0.25, 0.3) is 6.08 Å². The molecule has 1 aromatic heterocycles. The summed E-state index contributed by atoms with van der Waals surface area (Å²) in [5, 5.41) is 2.82. The maximum atomic E-state index is 12.5. The molecule has 22 heavy (non-hydrogen) atoms. The average molecular weight is 313 g/mol. The van der Waals surface area contributed by atoms with Crippen molar-refractivity contribution in [3.05, 3.63) is 52.0 Å². The van der Waals surface area contributed by atoms with Crippen molar-refractivity contribution in [2.24, 2.45) is 5.73 Å². The van der Waals surface area contributed by atoms with Crippen molar-refractivity contribution in [2.45, 2.75) is 19.4 Å².